The van der Waals surface area contributed by atoms with E-state index >= 15 is 0 Å². The molecular formula is C10H19N3O2. The Balaban J connectivity index is 1.66. The van der Waals surface area contributed by atoms with Crippen LogP contribution in [0, 0.1) is 0 Å². The number of nitrogens with one attached hydrogen (secondary N) is 1. The van der Waals surface area contributed by atoms with Crippen LogP contribution in [0.15, 0.2) is 0 Å². The molecule has 0 aromatic heterocycles. The highest BCUT2D eigenvalue weighted by molar-refractivity contribution is 5.71. The second-order valence-corrected chi connectivity index (χ2v) is 4.13. The lowest BCUT2D eigenvalue weighted by Crippen LogP contribution is -2.46. The van der Waals surface area contributed by atoms with E-state index in [1.165, 1.54) is 0 Å². The summed E-state index contributed by atoms with van der Waals surface area (Å²) in [6.07, 6.45) is 2.28. The Morgan fingerprint density at radius 3 is 2.47 bits per heavy atom. The van der Waals surface area contributed by atoms with Gasteiger partial charge in [-0.05, 0) is 12.8 Å². The number of hydrogen-bond donors (Lipinski definition) is 1. The summed E-state index contributed by atoms with van der Waals surface area (Å²) in [5, 5.41) is 5.04. The van der Waals surface area contributed by atoms with E-state index in [9.17, 15) is 4.79 Å². The minimum atomic E-state index is -0.112. The standard InChI is InChI=1S/C10H19N3O2/c14-10(15-13-5-1-2-6-13)9-12-7-3-11-4-8-12/h11H,1-9H2. The van der Waals surface area contributed by atoms with Crippen LogP contribution in [-0.4, -0.2) is 61.7 Å². The van der Waals surface area contributed by atoms with E-state index in [2.05, 4.69) is 10.2 Å². The number of piperazine rings is 1. The molecule has 0 unspecified atom stereocenters. The van der Waals surface area contributed by atoms with Crippen molar-refractivity contribution in [2.24, 2.45) is 0 Å². The summed E-state index contributed by atoms with van der Waals surface area (Å²) >= 11 is 0. The fourth-order valence-corrected chi connectivity index (χ4v) is 2.00. The SMILES string of the molecule is O=C(CN1CCNCC1)ON1CCCC1. The zero-order valence-electron chi connectivity index (χ0n) is 9.07. The van der Waals surface area contributed by atoms with Gasteiger partial charge >= 0.3 is 5.97 Å². The predicted molar refractivity (Wildman–Crippen MR) is 56.2 cm³/mol. The summed E-state index contributed by atoms with van der Waals surface area (Å²) in [5.41, 5.74) is 0. The molecule has 5 nitrogen and oxygen atoms in total. The first-order valence-electron chi connectivity index (χ1n) is 5.73. The number of carbonyl (C=O) groups excluding carboxylic acids is 1. The molecule has 0 atom stereocenters. The summed E-state index contributed by atoms with van der Waals surface area (Å²) in [6, 6.07) is 0. The molecule has 0 aliphatic carbocycles. The fraction of sp³-hybridized carbons (Fsp3) is 0.900. The zero-order valence-corrected chi connectivity index (χ0v) is 9.07. The molecule has 0 spiro atoms. The average molecular weight is 213 g/mol. The van der Waals surface area contributed by atoms with Crippen molar-refractivity contribution in [3.8, 4) is 0 Å². The third-order valence-electron chi connectivity index (χ3n) is 2.86. The first-order valence-corrected chi connectivity index (χ1v) is 5.73. The van der Waals surface area contributed by atoms with Gasteiger partial charge in [0.15, 0.2) is 0 Å². The van der Waals surface area contributed by atoms with Gasteiger partial charge in [0.1, 0.15) is 0 Å². The Morgan fingerprint density at radius 2 is 1.80 bits per heavy atom. The van der Waals surface area contributed by atoms with Crippen molar-refractivity contribution in [3.05, 3.63) is 0 Å². The number of hydroxylamine groups is 2. The molecule has 2 aliphatic rings. The van der Waals surface area contributed by atoms with Crippen molar-refractivity contribution >= 4 is 5.97 Å². The largest absolute Gasteiger partial charge is 0.367 e. The van der Waals surface area contributed by atoms with Crippen LogP contribution < -0.4 is 5.32 Å². The maximum absolute atomic E-state index is 11.5. The van der Waals surface area contributed by atoms with Crippen LogP contribution in [0.1, 0.15) is 12.8 Å². The van der Waals surface area contributed by atoms with Crippen molar-refractivity contribution in [3.63, 3.8) is 0 Å². The van der Waals surface area contributed by atoms with Gasteiger partial charge in [0, 0.05) is 39.3 Å². The topological polar surface area (TPSA) is 44.8 Å². The van der Waals surface area contributed by atoms with Crippen LogP contribution in [0.5, 0.6) is 0 Å². The molecule has 0 saturated carbocycles. The molecule has 2 aliphatic heterocycles. The molecule has 0 bridgehead atoms. The minimum absolute atomic E-state index is 0.112. The molecule has 2 fully saturated rings. The lowest BCUT2D eigenvalue weighted by atomic mass is 10.3. The molecule has 0 radical (unpaired) electrons. The number of nitrogens with zero attached hydrogens (tertiary/aromatic N) is 2. The van der Waals surface area contributed by atoms with Crippen molar-refractivity contribution in [1.82, 2.24) is 15.3 Å². The Morgan fingerprint density at radius 1 is 1.13 bits per heavy atom. The van der Waals surface area contributed by atoms with E-state index in [1.807, 2.05) is 0 Å². The van der Waals surface area contributed by atoms with Gasteiger partial charge in [-0.15, -0.1) is 5.06 Å². The second kappa shape index (κ2) is 5.44. The van der Waals surface area contributed by atoms with Gasteiger partial charge in [0.25, 0.3) is 0 Å². The summed E-state index contributed by atoms with van der Waals surface area (Å²) in [6.45, 7) is 6.04. The number of hydrogen-bond acceptors (Lipinski definition) is 5. The third kappa shape index (κ3) is 3.44. The van der Waals surface area contributed by atoms with Gasteiger partial charge in [0.2, 0.25) is 0 Å². The minimum Gasteiger partial charge on any atom is -0.367 e. The summed E-state index contributed by atoms with van der Waals surface area (Å²) in [4.78, 5) is 18.9. The highest BCUT2D eigenvalue weighted by atomic mass is 16.7. The lowest BCUT2D eigenvalue weighted by molar-refractivity contribution is -0.186. The van der Waals surface area contributed by atoms with Crippen molar-refractivity contribution in [2.45, 2.75) is 12.8 Å². The molecule has 0 amide bonds. The summed E-state index contributed by atoms with van der Waals surface area (Å²) in [7, 11) is 0. The van der Waals surface area contributed by atoms with E-state index in [4.69, 9.17) is 4.84 Å². The average Bonchev–Trinajstić information content (AvgIpc) is 2.71. The lowest BCUT2D eigenvalue weighted by Gasteiger charge is -2.26. The molecule has 1 N–H and O–H groups in total. The molecule has 86 valence electrons. The Hall–Kier alpha value is -0.650. The van der Waals surface area contributed by atoms with Gasteiger partial charge < -0.3 is 10.2 Å². The van der Waals surface area contributed by atoms with Gasteiger partial charge in [-0.1, -0.05) is 0 Å². The highest BCUT2D eigenvalue weighted by Gasteiger charge is 2.19. The van der Waals surface area contributed by atoms with Crippen molar-refractivity contribution in [2.75, 3.05) is 45.8 Å². The molecule has 15 heavy (non-hydrogen) atoms. The van der Waals surface area contributed by atoms with Gasteiger partial charge in [-0.2, -0.15) is 0 Å². The number of rotatable bonds is 3. The molecule has 0 aromatic rings. The quantitative estimate of drug-likeness (QED) is 0.681. The molecule has 2 saturated heterocycles. The summed E-state index contributed by atoms with van der Waals surface area (Å²) in [5.74, 6) is -0.112. The first kappa shape index (κ1) is 10.9. The fourth-order valence-electron chi connectivity index (χ4n) is 2.00. The van der Waals surface area contributed by atoms with Crippen LogP contribution in [0.25, 0.3) is 0 Å². The van der Waals surface area contributed by atoms with Crippen LogP contribution in [0.2, 0.25) is 0 Å². The van der Waals surface area contributed by atoms with E-state index in [0.29, 0.717) is 6.54 Å². The molecule has 5 heteroatoms. The Kier molecular flexibility index (Phi) is 3.94. The molecule has 2 heterocycles. The molecule has 0 aromatic carbocycles. The maximum atomic E-state index is 11.5. The van der Waals surface area contributed by atoms with Gasteiger partial charge in [-0.25, -0.2) is 4.79 Å². The molecular weight excluding hydrogens is 194 g/mol. The molecule has 2 rings (SSSR count). The van der Waals surface area contributed by atoms with Crippen LogP contribution >= 0.6 is 0 Å². The highest BCUT2D eigenvalue weighted by Crippen LogP contribution is 2.07. The van der Waals surface area contributed by atoms with Crippen LogP contribution in [0.4, 0.5) is 0 Å². The van der Waals surface area contributed by atoms with Crippen molar-refractivity contribution in [1.29, 1.82) is 0 Å². The zero-order chi connectivity index (χ0) is 10.5. The van der Waals surface area contributed by atoms with E-state index in [0.717, 1.165) is 52.1 Å². The summed E-state index contributed by atoms with van der Waals surface area (Å²) < 4.78 is 0. The van der Waals surface area contributed by atoms with Crippen LogP contribution in [0.3, 0.4) is 0 Å². The third-order valence-corrected chi connectivity index (χ3v) is 2.86. The maximum Gasteiger partial charge on any atom is 0.339 e. The normalized spacial score (nSPS) is 24.3. The van der Waals surface area contributed by atoms with Gasteiger partial charge in [0.05, 0.1) is 6.54 Å². The second-order valence-electron chi connectivity index (χ2n) is 4.13. The number of carbonyl (C=O) groups is 1. The van der Waals surface area contributed by atoms with E-state index in [-0.39, 0.29) is 5.97 Å². The first-order chi connectivity index (χ1) is 7.34. The van der Waals surface area contributed by atoms with Crippen molar-refractivity contribution < 1.29 is 9.63 Å². The van der Waals surface area contributed by atoms with E-state index in [1.54, 1.807) is 5.06 Å². The van der Waals surface area contributed by atoms with Gasteiger partial charge in [-0.3, -0.25) is 4.90 Å². The van der Waals surface area contributed by atoms with E-state index < -0.39 is 0 Å². The Labute approximate surface area is 90.3 Å². The smallest absolute Gasteiger partial charge is 0.339 e. The monoisotopic (exact) mass is 213 g/mol. The van der Waals surface area contributed by atoms with Crippen LogP contribution in [-0.2, 0) is 9.63 Å². The predicted octanol–water partition coefficient (Wildman–Crippen LogP) is -0.554. The Bertz CT molecular complexity index is 211.